The van der Waals surface area contributed by atoms with Crippen LogP contribution in [0, 0.1) is 18.3 Å². The average molecular weight is 350 g/mol. The zero-order valence-corrected chi connectivity index (χ0v) is 15.4. The number of aromatic nitrogens is 1. The number of aryl methyl sites for hydroxylation is 3. The molecule has 4 heteroatoms. The summed E-state index contributed by atoms with van der Waals surface area (Å²) < 4.78 is 0. The Balaban J connectivity index is 1.77. The lowest BCUT2D eigenvalue weighted by atomic mass is 9.96. The standard InChI is InChI=1S/C21H22N2OS/c1-15-8-10-16(11-9-15)20(24)14-25-21-18(13-22)12-17-6-4-2-3-5-7-19(17)23-21/h8-12H,2-7,14H2,1H3. The van der Waals surface area contributed by atoms with Gasteiger partial charge in [0.2, 0.25) is 0 Å². The molecular formula is C21H22N2OS. The highest BCUT2D eigenvalue weighted by molar-refractivity contribution is 8.00. The molecule has 128 valence electrons. The Bertz CT molecular complexity index is 806. The number of nitriles is 1. The number of Topliss-reactive ketones (excluding diaryl/α,β-unsaturated/α-hetero) is 1. The molecule has 25 heavy (non-hydrogen) atoms. The van der Waals surface area contributed by atoms with Crippen molar-refractivity contribution in [2.24, 2.45) is 0 Å². The number of carbonyl (C=O) groups excluding carboxylic acids is 1. The second-order valence-corrected chi connectivity index (χ2v) is 7.51. The zero-order chi connectivity index (χ0) is 17.6. The minimum absolute atomic E-state index is 0.0717. The Morgan fingerprint density at radius 2 is 1.88 bits per heavy atom. The maximum absolute atomic E-state index is 12.4. The SMILES string of the molecule is Cc1ccc(C(=O)CSc2nc3c(cc2C#N)CCCCCC3)cc1. The van der Waals surface area contributed by atoms with Crippen molar-refractivity contribution >= 4 is 17.5 Å². The molecule has 0 aliphatic heterocycles. The first-order valence-corrected chi connectivity index (χ1v) is 9.81. The van der Waals surface area contributed by atoms with Gasteiger partial charge in [-0.15, -0.1) is 0 Å². The van der Waals surface area contributed by atoms with Crippen LogP contribution in [-0.4, -0.2) is 16.5 Å². The molecule has 0 spiro atoms. The molecule has 0 N–H and O–H groups in total. The summed E-state index contributed by atoms with van der Waals surface area (Å²) in [6.07, 6.45) is 6.79. The van der Waals surface area contributed by atoms with E-state index in [2.05, 4.69) is 6.07 Å². The fourth-order valence-corrected chi connectivity index (χ4v) is 3.98. The summed E-state index contributed by atoms with van der Waals surface area (Å²) in [6.45, 7) is 2.00. The Labute approximate surface area is 153 Å². The number of pyridine rings is 1. The number of carbonyl (C=O) groups is 1. The van der Waals surface area contributed by atoms with Crippen LogP contribution in [0.4, 0.5) is 0 Å². The van der Waals surface area contributed by atoms with Crippen LogP contribution >= 0.6 is 11.8 Å². The highest BCUT2D eigenvalue weighted by Crippen LogP contribution is 2.27. The minimum Gasteiger partial charge on any atom is -0.293 e. The molecule has 0 bridgehead atoms. The molecule has 1 aliphatic carbocycles. The fourth-order valence-electron chi connectivity index (χ4n) is 3.12. The van der Waals surface area contributed by atoms with Gasteiger partial charge in [-0.05, 0) is 44.2 Å². The number of benzene rings is 1. The predicted molar refractivity (Wildman–Crippen MR) is 101 cm³/mol. The van der Waals surface area contributed by atoms with Crippen LogP contribution in [0.3, 0.4) is 0 Å². The lowest BCUT2D eigenvalue weighted by Crippen LogP contribution is -2.07. The monoisotopic (exact) mass is 350 g/mol. The van der Waals surface area contributed by atoms with Crippen molar-refractivity contribution in [3.05, 3.63) is 58.3 Å². The van der Waals surface area contributed by atoms with E-state index >= 15 is 0 Å². The molecule has 0 atom stereocenters. The molecule has 0 fully saturated rings. The van der Waals surface area contributed by atoms with Gasteiger partial charge in [-0.2, -0.15) is 5.26 Å². The number of nitrogens with zero attached hydrogens (tertiary/aromatic N) is 2. The molecule has 0 saturated carbocycles. The van der Waals surface area contributed by atoms with Crippen molar-refractivity contribution in [3.63, 3.8) is 0 Å². The maximum atomic E-state index is 12.4. The summed E-state index contributed by atoms with van der Waals surface area (Å²) in [5.74, 6) is 0.381. The first kappa shape index (κ1) is 17.7. The second-order valence-electron chi connectivity index (χ2n) is 6.55. The molecule has 0 unspecified atom stereocenters. The van der Waals surface area contributed by atoms with E-state index in [0.717, 1.165) is 36.9 Å². The second kappa shape index (κ2) is 8.31. The van der Waals surface area contributed by atoms with Crippen LogP contribution in [0.1, 0.15) is 58.4 Å². The van der Waals surface area contributed by atoms with E-state index in [1.165, 1.54) is 30.2 Å². The summed E-state index contributed by atoms with van der Waals surface area (Å²) in [7, 11) is 0. The van der Waals surface area contributed by atoms with Crippen LogP contribution in [-0.2, 0) is 12.8 Å². The summed E-state index contributed by atoms with van der Waals surface area (Å²) in [5.41, 5.74) is 4.78. The Morgan fingerprint density at radius 3 is 2.60 bits per heavy atom. The van der Waals surface area contributed by atoms with Crippen molar-refractivity contribution in [2.45, 2.75) is 50.5 Å². The molecule has 2 aromatic rings. The quantitative estimate of drug-likeness (QED) is 0.581. The van der Waals surface area contributed by atoms with Crippen LogP contribution in [0.2, 0.25) is 0 Å². The topological polar surface area (TPSA) is 53.8 Å². The third-order valence-electron chi connectivity index (χ3n) is 4.60. The lowest BCUT2D eigenvalue weighted by Gasteiger charge is -2.15. The molecule has 1 aromatic heterocycles. The summed E-state index contributed by atoms with van der Waals surface area (Å²) in [5, 5.41) is 10.2. The summed E-state index contributed by atoms with van der Waals surface area (Å²) in [4.78, 5) is 17.1. The van der Waals surface area contributed by atoms with E-state index in [9.17, 15) is 10.1 Å². The van der Waals surface area contributed by atoms with Gasteiger partial charge in [-0.1, -0.05) is 54.4 Å². The first-order chi connectivity index (χ1) is 12.2. The number of thioether (sulfide) groups is 1. The molecule has 1 aliphatic rings. The van der Waals surface area contributed by atoms with Crippen LogP contribution < -0.4 is 0 Å². The van der Waals surface area contributed by atoms with Gasteiger partial charge in [0.1, 0.15) is 11.1 Å². The number of hydrogen-bond acceptors (Lipinski definition) is 4. The first-order valence-electron chi connectivity index (χ1n) is 8.83. The Kier molecular flexibility index (Phi) is 5.88. The largest absolute Gasteiger partial charge is 0.293 e. The molecule has 1 heterocycles. The van der Waals surface area contributed by atoms with Crippen LogP contribution in [0.25, 0.3) is 0 Å². The van der Waals surface area contributed by atoms with E-state index in [4.69, 9.17) is 4.98 Å². The van der Waals surface area contributed by atoms with Crippen molar-refractivity contribution in [2.75, 3.05) is 5.75 Å². The normalized spacial score (nSPS) is 14.1. The van der Waals surface area contributed by atoms with Crippen LogP contribution in [0.15, 0.2) is 35.4 Å². The van der Waals surface area contributed by atoms with Gasteiger partial charge in [0, 0.05) is 11.3 Å². The summed E-state index contributed by atoms with van der Waals surface area (Å²) >= 11 is 1.38. The molecule has 0 amide bonds. The van der Waals surface area contributed by atoms with Gasteiger partial charge < -0.3 is 0 Å². The Hall–Kier alpha value is -2.12. The molecule has 3 rings (SSSR count). The lowest BCUT2D eigenvalue weighted by molar-refractivity contribution is 0.102. The number of rotatable bonds is 4. The van der Waals surface area contributed by atoms with E-state index in [1.54, 1.807) is 0 Å². The van der Waals surface area contributed by atoms with Crippen molar-refractivity contribution in [1.29, 1.82) is 5.26 Å². The van der Waals surface area contributed by atoms with Gasteiger partial charge in [0.15, 0.2) is 5.78 Å². The average Bonchev–Trinajstić information content (AvgIpc) is 2.61. The van der Waals surface area contributed by atoms with Crippen molar-refractivity contribution in [1.82, 2.24) is 4.98 Å². The van der Waals surface area contributed by atoms with Gasteiger partial charge in [0.05, 0.1) is 11.3 Å². The smallest absolute Gasteiger partial charge is 0.173 e. The van der Waals surface area contributed by atoms with E-state index in [1.807, 2.05) is 37.3 Å². The Morgan fingerprint density at radius 1 is 1.16 bits per heavy atom. The minimum atomic E-state index is 0.0717. The molecule has 0 saturated heterocycles. The maximum Gasteiger partial charge on any atom is 0.173 e. The van der Waals surface area contributed by atoms with Crippen LogP contribution in [0.5, 0.6) is 0 Å². The third kappa shape index (κ3) is 4.49. The summed E-state index contributed by atoms with van der Waals surface area (Å²) in [6, 6.07) is 11.9. The molecule has 1 aromatic carbocycles. The van der Waals surface area contributed by atoms with Gasteiger partial charge in [-0.3, -0.25) is 4.79 Å². The van der Waals surface area contributed by atoms with Gasteiger partial charge in [-0.25, -0.2) is 4.98 Å². The highest BCUT2D eigenvalue weighted by atomic mass is 32.2. The van der Waals surface area contributed by atoms with Gasteiger partial charge in [0.25, 0.3) is 0 Å². The molecular weight excluding hydrogens is 328 g/mol. The molecule has 0 radical (unpaired) electrons. The van der Waals surface area contributed by atoms with E-state index < -0.39 is 0 Å². The number of hydrogen-bond donors (Lipinski definition) is 0. The van der Waals surface area contributed by atoms with E-state index in [0.29, 0.717) is 21.9 Å². The van der Waals surface area contributed by atoms with Crippen molar-refractivity contribution < 1.29 is 4.79 Å². The molecule has 3 nitrogen and oxygen atoms in total. The van der Waals surface area contributed by atoms with Gasteiger partial charge >= 0.3 is 0 Å². The number of fused-ring (bicyclic) bond motifs is 1. The van der Waals surface area contributed by atoms with E-state index in [-0.39, 0.29) is 5.78 Å². The third-order valence-corrected chi connectivity index (χ3v) is 5.59. The predicted octanol–water partition coefficient (Wildman–Crippen LogP) is 4.90. The fraction of sp³-hybridized carbons (Fsp3) is 0.381. The van der Waals surface area contributed by atoms with Crippen molar-refractivity contribution in [3.8, 4) is 6.07 Å². The number of ketones is 1. The highest BCUT2D eigenvalue weighted by Gasteiger charge is 2.15. The zero-order valence-electron chi connectivity index (χ0n) is 14.5.